The number of carbonyl (C=O) groups excluding carboxylic acids is 1. The van der Waals surface area contributed by atoms with Gasteiger partial charge in [-0.05, 0) is 38.0 Å². The molecular weight excluding hydrogens is 346 g/mol. The highest BCUT2D eigenvalue weighted by Crippen LogP contribution is 2.38. The van der Waals surface area contributed by atoms with Crippen LogP contribution in [0.5, 0.6) is 0 Å². The van der Waals surface area contributed by atoms with Crippen LogP contribution in [0.4, 0.5) is 0 Å². The minimum Gasteiger partial charge on any atom is -0.373 e. The number of thiophene rings is 1. The third-order valence-electron chi connectivity index (χ3n) is 5.25. The summed E-state index contributed by atoms with van der Waals surface area (Å²) in [7, 11) is 3.97. The van der Waals surface area contributed by atoms with Crippen molar-refractivity contribution in [1.82, 2.24) is 14.7 Å². The molecule has 1 amide bonds. The van der Waals surface area contributed by atoms with Crippen LogP contribution in [0.3, 0.4) is 0 Å². The van der Waals surface area contributed by atoms with E-state index in [0.717, 1.165) is 30.9 Å². The third-order valence-corrected chi connectivity index (χ3v) is 6.41. The minimum atomic E-state index is -0.584. The number of hydrogen-bond acceptors (Lipinski definition) is 5. The van der Waals surface area contributed by atoms with Gasteiger partial charge in [-0.3, -0.25) is 9.69 Å². The first kappa shape index (κ1) is 17.7. The van der Waals surface area contributed by atoms with E-state index < -0.39 is 6.23 Å². The zero-order valence-corrected chi connectivity index (χ0v) is 16.0. The quantitative estimate of drug-likeness (QED) is 0.820. The van der Waals surface area contributed by atoms with E-state index in [1.807, 2.05) is 42.1 Å². The first-order valence-corrected chi connectivity index (χ1v) is 9.89. The zero-order valence-electron chi connectivity index (χ0n) is 15.2. The summed E-state index contributed by atoms with van der Waals surface area (Å²) in [6.07, 6.45) is 4.07. The maximum atomic E-state index is 12.4. The molecule has 0 aliphatic carbocycles. The van der Waals surface area contributed by atoms with Gasteiger partial charge in [-0.2, -0.15) is 0 Å². The van der Waals surface area contributed by atoms with Crippen molar-refractivity contribution in [3.63, 3.8) is 0 Å². The number of amides is 1. The lowest BCUT2D eigenvalue weighted by molar-refractivity contribution is -0.158. The van der Waals surface area contributed by atoms with Crippen LogP contribution in [0.15, 0.2) is 42.5 Å². The van der Waals surface area contributed by atoms with Crippen molar-refractivity contribution < 1.29 is 9.90 Å². The fourth-order valence-electron chi connectivity index (χ4n) is 3.96. The van der Waals surface area contributed by atoms with Crippen LogP contribution in [0.25, 0.3) is 10.1 Å². The van der Waals surface area contributed by atoms with E-state index >= 15 is 0 Å². The maximum absolute atomic E-state index is 12.4. The van der Waals surface area contributed by atoms with Crippen molar-refractivity contribution in [2.45, 2.75) is 24.7 Å². The highest BCUT2D eigenvalue weighted by atomic mass is 32.1. The zero-order chi connectivity index (χ0) is 18.3. The van der Waals surface area contributed by atoms with E-state index in [-0.39, 0.29) is 18.0 Å². The standard InChI is InChI=1S/C20H25N3O2S/c1-21(2)9-5-8-19(24)23-15-11-16(23)13-22(12-15)20(25)18-10-14-6-3-4-7-17(14)26-18/h3-8,10,15-16,20,25H,9,11-13H2,1-2H3/b8-5+. The van der Waals surface area contributed by atoms with E-state index in [9.17, 15) is 9.90 Å². The summed E-state index contributed by atoms with van der Waals surface area (Å²) >= 11 is 1.65. The van der Waals surface area contributed by atoms with Crippen LogP contribution in [0.1, 0.15) is 17.5 Å². The number of hydrogen-bond donors (Lipinski definition) is 1. The van der Waals surface area contributed by atoms with Crippen molar-refractivity contribution in [2.24, 2.45) is 0 Å². The Kier molecular flexibility index (Phi) is 4.84. The SMILES string of the molecule is CN(C)C/C=C/C(=O)N1C2CC1CN(C(O)c1cc3ccccc3s1)C2. The summed E-state index contributed by atoms with van der Waals surface area (Å²) in [4.78, 5) is 19.5. The number of piperazine rings is 1. The molecule has 6 heteroatoms. The van der Waals surface area contributed by atoms with Crippen LogP contribution in [0, 0.1) is 0 Å². The van der Waals surface area contributed by atoms with E-state index in [0.29, 0.717) is 0 Å². The van der Waals surface area contributed by atoms with Crippen molar-refractivity contribution in [1.29, 1.82) is 0 Å². The van der Waals surface area contributed by atoms with Crippen molar-refractivity contribution in [3.8, 4) is 0 Å². The number of aliphatic hydroxyl groups excluding tert-OH is 1. The number of carbonyl (C=O) groups is 1. The van der Waals surface area contributed by atoms with E-state index in [2.05, 4.69) is 23.1 Å². The van der Waals surface area contributed by atoms with Gasteiger partial charge in [0.15, 0.2) is 0 Å². The second-order valence-electron chi connectivity index (χ2n) is 7.47. The molecule has 0 radical (unpaired) electrons. The maximum Gasteiger partial charge on any atom is 0.246 e. The summed E-state index contributed by atoms with van der Waals surface area (Å²) in [5.41, 5.74) is 0. The molecule has 3 aliphatic heterocycles. The molecule has 2 aromatic rings. The molecule has 0 saturated carbocycles. The number of benzene rings is 1. The molecule has 1 aromatic carbocycles. The minimum absolute atomic E-state index is 0.101. The van der Waals surface area contributed by atoms with Crippen molar-refractivity contribution in [3.05, 3.63) is 47.4 Å². The van der Waals surface area contributed by atoms with Crippen LogP contribution in [0.2, 0.25) is 0 Å². The third kappa shape index (κ3) is 3.30. The summed E-state index contributed by atoms with van der Waals surface area (Å²) in [5, 5.41) is 12.0. The van der Waals surface area contributed by atoms with Crippen molar-refractivity contribution in [2.75, 3.05) is 33.7 Å². The second kappa shape index (κ2) is 7.12. The van der Waals surface area contributed by atoms with Crippen LogP contribution in [-0.4, -0.2) is 71.5 Å². The summed E-state index contributed by atoms with van der Waals surface area (Å²) in [5.74, 6) is 0.101. The van der Waals surface area contributed by atoms with Gasteiger partial charge < -0.3 is 14.9 Å². The molecular formula is C20H25N3O2S. The van der Waals surface area contributed by atoms with Crippen LogP contribution < -0.4 is 0 Å². The molecule has 3 fully saturated rings. The highest BCUT2D eigenvalue weighted by molar-refractivity contribution is 7.19. The number of piperidine rings is 1. The lowest BCUT2D eigenvalue weighted by Gasteiger charge is -2.56. The Bertz CT molecular complexity index is 786. The average molecular weight is 372 g/mol. The van der Waals surface area contributed by atoms with Crippen LogP contribution >= 0.6 is 11.3 Å². The summed E-state index contributed by atoms with van der Waals surface area (Å²) < 4.78 is 1.20. The molecule has 5 rings (SSSR count). The molecule has 3 saturated heterocycles. The Morgan fingerprint density at radius 3 is 2.77 bits per heavy atom. The molecule has 3 aliphatic rings. The first-order valence-electron chi connectivity index (χ1n) is 9.07. The first-order chi connectivity index (χ1) is 12.5. The predicted octanol–water partition coefficient (Wildman–Crippen LogP) is 2.30. The molecule has 2 bridgehead atoms. The Hall–Kier alpha value is -1.73. The predicted molar refractivity (Wildman–Crippen MR) is 105 cm³/mol. The molecule has 5 nitrogen and oxygen atoms in total. The van der Waals surface area contributed by atoms with Gasteiger partial charge in [0.05, 0.1) is 0 Å². The van der Waals surface area contributed by atoms with Gasteiger partial charge in [-0.25, -0.2) is 0 Å². The van der Waals surface area contributed by atoms with Gasteiger partial charge in [0.25, 0.3) is 0 Å². The largest absolute Gasteiger partial charge is 0.373 e. The number of nitrogens with zero attached hydrogens (tertiary/aromatic N) is 3. The smallest absolute Gasteiger partial charge is 0.246 e. The molecule has 26 heavy (non-hydrogen) atoms. The van der Waals surface area contributed by atoms with E-state index in [4.69, 9.17) is 0 Å². The summed E-state index contributed by atoms with van der Waals surface area (Å²) in [6.45, 7) is 2.24. The molecule has 3 atom stereocenters. The number of aliphatic hydroxyl groups is 1. The lowest BCUT2D eigenvalue weighted by Crippen LogP contribution is -2.70. The Morgan fingerprint density at radius 2 is 2.08 bits per heavy atom. The number of rotatable bonds is 5. The van der Waals surface area contributed by atoms with E-state index in [1.54, 1.807) is 17.4 Å². The van der Waals surface area contributed by atoms with Gasteiger partial charge in [0.1, 0.15) is 6.23 Å². The number of likely N-dealkylation sites (N-methyl/N-ethyl adjacent to an activating group) is 1. The molecule has 1 N–H and O–H groups in total. The fourth-order valence-corrected chi connectivity index (χ4v) is 5.05. The normalized spacial score (nSPS) is 24.4. The van der Waals surface area contributed by atoms with Gasteiger partial charge in [0.2, 0.25) is 5.91 Å². The van der Waals surface area contributed by atoms with Gasteiger partial charge in [-0.1, -0.05) is 24.3 Å². The van der Waals surface area contributed by atoms with Gasteiger partial charge in [0, 0.05) is 47.4 Å². The average Bonchev–Trinajstić information content (AvgIpc) is 3.04. The van der Waals surface area contributed by atoms with E-state index in [1.165, 1.54) is 10.1 Å². The Balaban J connectivity index is 1.40. The topological polar surface area (TPSA) is 47.0 Å². The molecule has 138 valence electrons. The van der Waals surface area contributed by atoms with Gasteiger partial charge in [-0.15, -0.1) is 11.3 Å². The molecule has 3 unspecified atom stereocenters. The second-order valence-corrected chi connectivity index (χ2v) is 8.58. The molecule has 0 spiro atoms. The Morgan fingerprint density at radius 1 is 1.35 bits per heavy atom. The van der Waals surface area contributed by atoms with Crippen molar-refractivity contribution >= 4 is 27.3 Å². The number of fused-ring (bicyclic) bond motifs is 3. The lowest BCUT2D eigenvalue weighted by atomic mass is 9.87. The molecule has 4 heterocycles. The van der Waals surface area contributed by atoms with Gasteiger partial charge >= 0.3 is 0 Å². The summed E-state index contributed by atoms with van der Waals surface area (Å²) in [6, 6.07) is 10.7. The highest BCUT2D eigenvalue weighted by Gasteiger charge is 2.47. The monoisotopic (exact) mass is 371 g/mol. The molecule has 1 aromatic heterocycles. The fraction of sp³-hybridized carbons (Fsp3) is 0.450. The van der Waals surface area contributed by atoms with Crippen LogP contribution in [-0.2, 0) is 4.79 Å². The Labute approximate surface area is 158 Å².